The van der Waals surface area contributed by atoms with E-state index in [1.165, 1.54) is 18.6 Å². The Balaban J connectivity index is 1.87. The van der Waals surface area contributed by atoms with Crippen molar-refractivity contribution in [1.29, 1.82) is 0 Å². The molecule has 1 fully saturated rings. The summed E-state index contributed by atoms with van der Waals surface area (Å²) < 4.78 is 0. The Bertz CT molecular complexity index is 520. The number of rotatable bonds is 3. The standard InChI is InChI=1S/C15H19N3O2/c1-12-7-8-16-13(11-12)17-14(19)5-6-15(20)18-9-3-2-4-10-18/h5-8,11H,2-4,9-10H2,1H3,(H,16,17,19). The molecule has 0 radical (unpaired) electrons. The van der Waals surface area contributed by atoms with E-state index in [9.17, 15) is 9.59 Å². The number of carbonyl (C=O) groups is 2. The molecule has 1 aliphatic rings. The van der Waals surface area contributed by atoms with E-state index < -0.39 is 0 Å². The lowest BCUT2D eigenvalue weighted by molar-refractivity contribution is -0.127. The number of piperidine rings is 1. The molecule has 1 aromatic rings. The summed E-state index contributed by atoms with van der Waals surface area (Å²) in [6.07, 6.45) is 7.48. The van der Waals surface area contributed by atoms with Gasteiger partial charge in [0.25, 0.3) is 0 Å². The van der Waals surface area contributed by atoms with E-state index in [2.05, 4.69) is 10.3 Å². The van der Waals surface area contributed by atoms with E-state index in [4.69, 9.17) is 0 Å². The number of pyridine rings is 1. The van der Waals surface area contributed by atoms with E-state index >= 15 is 0 Å². The molecule has 20 heavy (non-hydrogen) atoms. The molecule has 0 saturated carbocycles. The lowest BCUT2D eigenvalue weighted by Crippen LogP contribution is -2.34. The van der Waals surface area contributed by atoms with Gasteiger partial charge in [0.2, 0.25) is 11.8 Å². The van der Waals surface area contributed by atoms with Gasteiger partial charge >= 0.3 is 0 Å². The zero-order valence-corrected chi connectivity index (χ0v) is 11.6. The summed E-state index contributed by atoms with van der Waals surface area (Å²) in [4.78, 5) is 29.4. The van der Waals surface area contributed by atoms with Crippen molar-refractivity contribution in [3.8, 4) is 0 Å². The van der Waals surface area contributed by atoms with E-state index in [1.807, 2.05) is 13.0 Å². The van der Waals surface area contributed by atoms with Crippen LogP contribution in [0.4, 0.5) is 5.82 Å². The highest BCUT2D eigenvalue weighted by Crippen LogP contribution is 2.09. The third kappa shape index (κ3) is 4.19. The van der Waals surface area contributed by atoms with Crippen LogP contribution in [0.1, 0.15) is 24.8 Å². The fraction of sp³-hybridized carbons (Fsp3) is 0.400. The summed E-state index contributed by atoms with van der Waals surface area (Å²) in [7, 11) is 0. The smallest absolute Gasteiger partial charge is 0.249 e. The number of aryl methyl sites for hydroxylation is 1. The molecule has 1 aromatic heterocycles. The first-order chi connectivity index (χ1) is 9.65. The molecule has 0 unspecified atom stereocenters. The van der Waals surface area contributed by atoms with Crippen molar-refractivity contribution < 1.29 is 9.59 Å². The molecule has 1 aliphatic heterocycles. The molecule has 0 atom stereocenters. The van der Waals surface area contributed by atoms with Gasteiger partial charge in [-0.15, -0.1) is 0 Å². The Morgan fingerprint density at radius 2 is 2.00 bits per heavy atom. The second-order valence-electron chi connectivity index (χ2n) is 4.93. The average Bonchev–Trinajstić information content (AvgIpc) is 2.46. The fourth-order valence-corrected chi connectivity index (χ4v) is 2.14. The summed E-state index contributed by atoms with van der Waals surface area (Å²) in [6, 6.07) is 3.63. The van der Waals surface area contributed by atoms with Crippen molar-refractivity contribution in [3.63, 3.8) is 0 Å². The molecule has 2 heterocycles. The highest BCUT2D eigenvalue weighted by molar-refractivity contribution is 6.03. The molecule has 0 bridgehead atoms. The summed E-state index contributed by atoms with van der Waals surface area (Å²) in [5.74, 6) is 0.0515. The number of aromatic nitrogens is 1. The lowest BCUT2D eigenvalue weighted by Gasteiger charge is -2.25. The number of nitrogens with zero attached hydrogens (tertiary/aromatic N) is 2. The van der Waals surface area contributed by atoms with E-state index in [0.717, 1.165) is 31.5 Å². The first kappa shape index (κ1) is 14.2. The number of likely N-dealkylation sites (tertiary alicyclic amines) is 1. The third-order valence-electron chi connectivity index (χ3n) is 3.21. The van der Waals surface area contributed by atoms with Gasteiger partial charge in [0, 0.05) is 31.4 Å². The molecule has 0 aromatic carbocycles. The molecule has 0 aliphatic carbocycles. The number of hydrogen-bond donors (Lipinski definition) is 1. The second kappa shape index (κ2) is 6.84. The monoisotopic (exact) mass is 273 g/mol. The number of amides is 2. The summed E-state index contributed by atoms with van der Waals surface area (Å²) in [6.45, 7) is 3.49. The molecule has 2 rings (SSSR count). The van der Waals surface area contributed by atoms with Crippen LogP contribution >= 0.6 is 0 Å². The zero-order valence-electron chi connectivity index (χ0n) is 11.6. The average molecular weight is 273 g/mol. The summed E-state index contributed by atoms with van der Waals surface area (Å²) >= 11 is 0. The van der Waals surface area contributed by atoms with Crippen LogP contribution < -0.4 is 5.32 Å². The molecule has 1 N–H and O–H groups in total. The summed E-state index contributed by atoms with van der Waals surface area (Å²) in [5.41, 5.74) is 1.02. The van der Waals surface area contributed by atoms with E-state index in [1.54, 1.807) is 17.2 Å². The minimum atomic E-state index is -0.339. The number of anilines is 1. The van der Waals surface area contributed by atoms with Crippen molar-refractivity contribution in [2.75, 3.05) is 18.4 Å². The van der Waals surface area contributed by atoms with Crippen molar-refractivity contribution in [1.82, 2.24) is 9.88 Å². The molecule has 0 spiro atoms. The Morgan fingerprint density at radius 1 is 1.25 bits per heavy atom. The van der Waals surface area contributed by atoms with Crippen LogP contribution in [0, 0.1) is 6.92 Å². The van der Waals surface area contributed by atoms with Crippen LogP contribution in [0.15, 0.2) is 30.5 Å². The number of hydrogen-bond acceptors (Lipinski definition) is 3. The second-order valence-corrected chi connectivity index (χ2v) is 4.93. The van der Waals surface area contributed by atoms with Crippen LogP contribution in [0.5, 0.6) is 0 Å². The van der Waals surface area contributed by atoms with Crippen molar-refractivity contribution in [2.45, 2.75) is 26.2 Å². The van der Waals surface area contributed by atoms with Gasteiger partial charge < -0.3 is 10.2 Å². The molecular weight excluding hydrogens is 254 g/mol. The van der Waals surface area contributed by atoms with Crippen LogP contribution in [-0.4, -0.2) is 34.8 Å². The lowest BCUT2D eigenvalue weighted by atomic mass is 10.1. The van der Waals surface area contributed by atoms with E-state index in [-0.39, 0.29) is 11.8 Å². The minimum absolute atomic E-state index is 0.1000. The van der Waals surface area contributed by atoms with Gasteiger partial charge in [-0.25, -0.2) is 4.98 Å². The van der Waals surface area contributed by atoms with Crippen LogP contribution in [0.3, 0.4) is 0 Å². The SMILES string of the molecule is Cc1ccnc(NC(=O)C=CC(=O)N2CCCCC2)c1. The predicted molar refractivity (Wildman–Crippen MR) is 77.2 cm³/mol. The molecular formula is C15H19N3O2. The van der Waals surface area contributed by atoms with Crippen molar-refractivity contribution in [2.24, 2.45) is 0 Å². The van der Waals surface area contributed by atoms with Gasteiger partial charge in [0.05, 0.1) is 0 Å². The van der Waals surface area contributed by atoms with Crippen LogP contribution in [0.2, 0.25) is 0 Å². The first-order valence-electron chi connectivity index (χ1n) is 6.86. The third-order valence-corrected chi connectivity index (χ3v) is 3.21. The molecule has 106 valence electrons. The van der Waals surface area contributed by atoms with E-state index in [0.29, 0.717) is 5.82 Å². The maximum atomic E-state index is 11.9. The maximum absolute atomic E-state index is 11.9. The number of nitrogens with one attached hydrogen (secondary N) is 1. The Kier molecular flexibility index (Phi) is 4.87. The molecule has 2 amide bonds. The first-order valence-corrected chi connectivity index (χ1v) is 6.86. The Hall–Kier alpha value is -2.17. The molecule has 5 heteroatoms. The Labute approximate surface area is 118 Å². The van der Waals surface area contributed by atoms with Crippen LogP contribution in [0.25, 0.3) is 0 Å². The predicted octanol–water partition coefficient (Wildman–Crippen LogP) is 1.90. The topological polar surface area (TPSA) is 62.3 Å². The largest absolute Gasteiger partial charge is 0.339 e. The quantitative estimate of drug-likeness (QED) is 0.856. The zero-order chi connectivity index (χ0) is 14.4. The molecule has 1 saturated heterocycles. The maximum Gasteiger partial charge on any atom is 0.249 e. The van der Waals surface area contributed by atoms with Gasteiger partial charge in [0.15, 0.2) is 0 Å². The summed E-state index contributed by atoms with van der Waals surface area (Å²) in [5, 5.41) is 2.63. The van der Waals surface area contributed by atoms with Gasteiger partial charge in [-0.2, -0.15) is 0 Å². The Morgan fingerprint density at radius 3 is 2.70 bits per heavy atom. The van der Waals surface area contributed by atoms with Gasteiger partial charge in [-0.1, -0.05) is 0 Å². The van der Waals surface area contributed by atoms with Gasteiger partial charge in [-0.3, -0.25) is 9.59 Å². The van der Waals surface area contributed by atoms with Gasteiger partial charge in [0.1, 0.15) is 5.82 Å². The van der Waals surface area contributed by atoms with Gasteiger partial charge in [-0.05, 0) is 43.9 Å². The fourth-order valence-electron chi connectivity index (χ4n) is 2.14. The minimum Gasteiger partial charge on any atom is -0.339 e. The van der Waals surface area contributed by atoms with Crippen LogP contribution in [-0.2, 0) is 9.59 Å². The highest BCUT2D eigenvalue weighted by atomic mass is 16.2. The normalized spacial score (nSPS) is 15.3. The van der Waals surface area contributed by atoms with Crippen molar-refractivity contribution >= 4 is 17.6 Å². The molecule has 5 nitrogen and oxygen atoms in total. The van der Waals surface area contributed by atoms with Crippen molar-refractivity contribution in [3.05, 3.63) is 36.0 Å². The highest BCUT2D eigenvalue weighted by Gasteiger charge is 2.14. The number of carbonyl (C=O) groups excluding carboxylic acids is 2.